The Morgan fingerprint density at radius 1 is 1.16 bits per heavy atom. The summed E-state index contributed by atoms with van der Waals surface area (Å²) >= 11 is 0. The van der Waals surface area contributed by atoms with Crippen molar-refractivity contribution in [2.75, 3.05) is 6.54 Å². The van der Waals surface area contributed by atoms with Gasteiger partial charge in [-0.3, -0.25) is 4.98 Å². The van der Waals surface area contributed by atoms with Crippen LogP contribution >= 0.6 is 0 Å². The van der Waals surface area contributed by atoms with Gasteiger partial charge in [-0.2, -0.15) is 0 Å². The molecule has 3 heterocycles. The monoisotopic (exact) mass is 333 g/mol. The molecule has 0 bridgehead atoms. The lowest BCUT2D eigenvalue weighted by molar-refractivity contribution is 0.452. The average Bonchev–Trinajstić information content (AvgIpc) is 3.00. The van der Waals surface area contributed by atoms with Gasteiger partial charge in [0.05, 0.1) is 0 Å². The Kier molecular flexibility index (Phi) is 4.84. The Morgan fingerprint density at radius 2 is 2.04 bits per heavy atom. The van der Waals surface area contributed by atoms with Crippen LogP contribution in [0.4, 0.5) is 0 Å². The van der Waals surface area contributed by atoms with E-state index >= 15 is 0 Å². The number of para-hydroxylation sites is 1. The number of fused-ring (bicyclic) bond motifs is 3. The molecule has 3 heteroatoms. The second kappa shape index (κ2) is 7.40. The molecule has 0 radical (unpaired) electrons. The van der Waals surface area contributed by atoms with Gasteiger partial charge < -0.3 is 9.88 Å². The minimum Gasteiger partial charge on any atom is -0.344 e. The first-order chi connectivity index (χ1) is 12.4. The molecule has 25 heavy (non-hydrogen) atoms. The maximum Gasteiger partial charge on any atom is 0.0486 e. The molecule has 1 aliphatic heterocycles. The molecule has 0 saturated heterocycles. The minimum absolute atomic E-state index is 0.504. The highest BCUT2D eigenvalue weighted by Gasteiger charge is 2.26. The van der Waals surface area contributed by atoms with Crippen LogP contribution < -0.4 is 5.32 Å². The zero-order valence-electron chi connectivity index (χ0n) is 15.0. The van der Waals surface area contributed by atoms with E-state index in [1.807, 2.05) is 12.3 Å². The zero-order chi connectivity index (χ0) is 17.1. The fourth-order valence-electron chi connectivity index (χ4n) is 4.19. The predicted octanol–water partition coefficient (Wildman–Crippen LogP) is 4.66. The lowest BCUT2D eigenvalue weighted by atomic mass is 9.94. The van der Waals surface area contributed by atoms with Crippen LogP contribution in [0.15, 0.2) is 48.7 Å². The summed E-state index contributed by atoms with van der Waals surface area (Å²) in [5.41, 5.74) is 5.65. The Bertz CT molecular complexity index is 835. The van der Waals surface area contributed by atoms with E-state index in [0.717, 1.165) is 25.9 Å². The molecule has 3 aromatic rings. The quantitative estimate of drug-likeness (QED) is 0.711. The van der Waals surface area contributed by atoms with Crippen molar-refractivity contribution in [2.45, 2.75) is 51.6 Å². The van der Waals surface area contributed by atoms with Crippen LogP contribution in [-0.4, -0.2) is 16.1 Å². The van der Waals surface area contributed by atoms with E-state index in [2.05, 4.69) is 58.2 Å². The highest BCUT2D eigenvalue weighted by molar-refractivity contribution is 5.86. The Labute approximate surface area is 150 Å². The number of aromatic nitrogens is 2. The van der Waals surface area contributed by atoms with Crippen molar-refractivity contribution in [3.05, 3.63) is 65.6 Å². The predicted molar refractivity (Wildman–Crippen MR) is 104 cm³/mol. The summed E-state index contributed by atoms with van der Waals surface area (Å²) in [6.07, 6.45) is 7.77. The smallest absolute Gasteiger partial charge is 0.0486 e. The fourth-order valence-corrected chi connectivity index (χ4v) is 4.19. The van der Waals surface area contributed by atoms with Crippen LogP contribution in [0.3, 0.4) is 0 Å². The Morgan fingerprint density at radius 3 is 2.88 bits per heavy atom. The number of nitrogens with one attached hydrogen (secondary N) is 1. The minimum atomic E-state index is 0.504. The van der Waals surface area contributed by atoms with Crippen molar-refractivity contribution in [1.29, 1.82) is 0 Å². The molecule has 1 aliphatic rings. The molecule has 0 amide bonds. The summed E-state index contributed by atoms with van der Waals surface area (Å²) in [6, 6.07) is 15.6. The molecular weight excluding hydrogens is 306 g/mol. The Balaban J connectivity index is 1.71. The second-order valence-electron chi connectivity index (χ2n) is 7.00. The van der Waals surface area contributed by atoms with Crippen LogP contribution in [0, 0.1) is 0 Å². The lowest BCUT2D eigenvalue weighted by Gasteiger charge is -2.26. The van der Waals surface area contributed by atoms with Crippen LogP contribution in [0.1, 0.15) is 49.2 Å². The molecule has 3 nitrogen and oxygen atoms in total. The third-order valence-electron chi connectivity index (χ3n) is 5.39. The summed E-state index contributed by atoms with van der Waals surface area (Å²) < 4.78 is 2.55. The fraction of sp³-hybridized carbons (Fsp3) is 0.409. The molecule has 0 spiro atoms. The van der Waals surface area contributed by atoms with Gasteiger partial charge in [0, 0.05) is 60.5 Å². The van der Waals surface area contributed by atoms with E-state index < -0.39 is 0 Å². The van der Waals surface area contributed by atoms with Gasteiger partial charge in [-0.15, -0.1) is 0 Å². The maximum atomic E-state index is 4.50. The molecule has 4 rings (SSSR count). The topological polar surface area (TPSA) is 29.9 Å². The van der Waals surface area contributed by atoms with Crippen molar-refractivity contribution >= 4 is 10.9 Å². The van der Waals surface area contributed by atoms with Crippen LogP contribution in [-0.2, 0) is 19.4 Å². The number of aryl methyl sites for hydroxylation is 2. The van der Waals surface area contributed by atoms with Crippen molar-refractivity contribution < 1.29 is 0 Å². The van der Waals surface area contributed by atoms with Gasteiger partial charge in [0.2, 0.25) is 0 Å². The van der Waals surface area contributed by atoms with Crippen molar-refractivity contribution in [3.63, 3.8) is 0 Å². The largest absolute Gasteiger partial charge is 0.344 e. The molecule has 130 valence electrons. The number of hydrogen-bond donors (Lipinski definition) is 1. The van der Waals surface area contributed by atoms with E-state index in [0.29, 0.717) is 6.04 Å². The van der Waals surface area contributed by atoms with Gasteiger partial charge >= 0.3 is 0 Å². The summed E-state index contributed by atoms with van der Waals surface area (Å²) in [7, 11) is 0. The maximum absolute atomic E-state index is 4.50. The third kappa shape index (κ3) is 3.21. The number of hydrogen-bond acceptors (Lipinski definition) is 2. The van der Waals surface area contributed by atoms with E-state index in [1.165, 1.54) is 41.6 Å². The van der Waals surface area contributed by atoms with Crippen LogP contribution in [0.5, 0.6) is 0 Å². The molecular formula is C22H27N3. The molecule has 1 unspecified atom stereocenters. The van der Waals surface area contributed by atoms with Gasteiger partial charge in [0.25, 0.3) is 0 Å². The van der Waals surface area contributed by atoms with Crippen LogP contribution in [0.25, 0.3) is 10.9 Å². The average molecular weight is 333 g/mol. The first kappa shape index (κ1) is 16.3. The molecule has 1 atom stereocenters. The van der Waals surface area contributed by atoms with Gasteiger partial charge in [0.1, 0.15) is 0 Å². The van der Waals surface area contributed by atoms with E-state index in [4.69, 9.17) is 0 Å². The van der Waals surface area contributed by atoms with Crippen molar-refractivity contribution in [3.8, 4) is 0 Å². The Hall–Kier alpha value is -2.13. The van der Waals surface area contributed by atoms with Gasteiger partial charge in [-0.1, -0.05) is 44.0 Å². The summed E-state index contributed by atoms with van der Waals surface area (Å²) in [5, 5.41) is 5.20. The number of pyridine rings is 1. The normalized spacial score (nSPS) is 16.9. The second-order valence-corrected chi connectivity index (χ2v) is 7.00. The number of rotatable bonds is 6. The third-order valence-corrected chi connectivity index (χ3v) is 5.39. The molecule has 0 fully saturated rings. The highest BCUT2D eigenvalue weighted by Crippen LogP contribution is 2.36. The molecule has 1 N–H and O–H groups in total. The zero-order valence-corrected chi connectivity index (χ0v) is 15.0. The number of nitrogens with zero attached hydrogens (tertiary/aromatic N) is 2. The number of benzene rings is 1. The van der Waals surface area contributed by atoms with Gasteiger partial charge in [-0.25, -0.2) is 0 Å². The van der Waals surface area contributed by atoms with Gasteiger partial charge in [-0.05, 0) is 30.2 Å². The summed E-state index contributed by atoms with van der Waals surface area (Å²) in [4.78, 5) is 4.50. The SMILES string of the molecule is CCCCC1NCCc2c1c1ccccc1n2CCc1ccccn1. The molecule has 2 aromatic heterocycles. The lowest BCUT2D eigenvalue weighted by Crippen LogP contribution is -2.30. The van der Waals surface area contributed by atoms with Gasteiger partial charge in [0.15, 0.2) is 0 Å². The van der Waals surface area contributed by atoms with E-state index in [9.17, 15) is 0 Å². The van der Waals surface area contributed by atoms with E-state index in [-0.39, 0.29) is 0 Å². The summed E-state index contributed by atoms with van der Waals surface area (Å²) in [6.45, 7) is 4.37. The number of unbranched alkanes of at least 4 members (excludes halogenated alkanes) is 1. The first-order valence-corrected chi connectivity index (χ1v) is 9.61. The molecule has 0 saturated carbocycles. The van der Waals surface area contributed by atoms with Crippen LogP contribution in [0.2, 0.25) is 0 Å². The standard InChI is InChI=1S/C22H27N3/c1-2-3-10-19-22-18-9-4-5-11-20(18)25(21(22)12-15-24-19)16-13-17-8-6-7-14-23-17/h4-9,11,14,19,24H,2-3,10,12-13,15-16H2,1H3. The first-order valence-electron chi connectivity index (χ1n) is 9.61. The van der Waals surface area contributed by atoms with E-state index in [1.54, 1.807) is 5.56 Å². The van der Waals surface area contributed by atoms with Crippen molar-refractivity contribution in [2.24, 2.45) is 0 Å². The highest BCUT2D eigenvalue weighted by atomic mass is 15.0. The molecule has 1 aromatic carbocycles. The summed E-state index contributed by atoms with van der Waals surface area (Å²) in [5.74, 6) is 0. The van der Waals surface area contributed by atoms with Crippen molar-refractivity contribution in [1.82, 2.24) is 14.9 Å². The molecule has 0 aliphatic carbocycles.